The van der Waals surface area contributed by atoms with Gasteiger partial charge in [-0.2, -0.15) is 4.98 Å². The number of methoxy groups -OCH3 is 1. The van der Waals surface area contributed by atoms with E-state index < -0.39 is 10.0 Å². The molecule has 1 saturated heterocycles. The molecule has 2 aliphatic rings. The lowest BCUT2D eigenvalue weighted by Crippen LogP contribution is -2.34. The first-order chi connectivity index (χ1) is 19.3. The predicted octanol–water partition coefficient (Wildman–Crippen LogP) is 3.91. The van der Waals surface area contributed by atoms with Crippen LogP contribution in [0.2, 0.25) is 0 Å². The predicted molar refractivity (Wildman–Crippen MR) is 149 cm³/mol. The highest BCUT2D eigenvalue weighted by molar-refractivity contribution is 7.90. The number of amides is 2. The van der Waals surface area contributed by atoms with Gasteiger partial charge in [-0.15, -0.1) is 4.37 Å². The molecular weight excluding hydrogens is 552 g/mol. The zero-order valence-electron chi connectivity index (χ0n) is 21.8. The Morgan fingerprint density at radius 3 is 2.55 bits per heavy atom. The van der Waals surface area contributed by atoms with E-state index in [2.05, 4.69) is 24.2 Å². The first-order valence-corrected chi connectivity index (χ1v) is 15.1. The van der Waals surface area contributed by atoms with E-state index in [1.807, 2.05) is 17.9 Å². The number of hydrogen-bond acceptors (Lipinski definition) is 9. The van der Waals surface area contributed by atoms with Gasteiger partial charge in [0.2, 0.25) is 5.13 Å². The van der Waals surface area contributed by atoms with E-state index in [4.69, 9.17) is 9.72 Å². The number of nitrogens with one attached hydrogen (secondary N) is 1. The Labute approximate surface area is 233 Å². The number of benzene rings is 1. The molecule has 1 N–H and O–H groups in total. The number of aromatic nitrogens is 6. The fourth-order valence-corrected chi connectivity index (χ4v) is 8.12. The Balaban J connectivity index is 1.16. The summed E-state index contributed by atoms with van der Waals surface area (Å²) < 4.78 is 39.3. The van der Waals surface area contributed by atoms with Crippen LogP contribution >= 0.6 is 11.5 Å². The lowest BCUT2D eigenvalue weighted by molar-refractivity contribution is 0.217. The van der Waals surface area contributed by atoms with Gasteiger partial charge in [-0.1, -0.05) is 18.2 Å². The second-order valence-electron chi connectivity index (χ2n) is 10.3. The van der Waals surface area contributed by atoms with Crippen molar-refractivity contribution in [3.63, 3.8) is 0 Å². The highest BCUT2D eigenvalue weighted by Gasteiger charge is 2.44. The summed E-state index contributed by atoms with van der Waals surface area (Å²) in [5.74, 6) is 1.58. The van der Waals surface area contributed by atoms with Crippen molar-refractivity contribution in [2.24, 2.45) is 11.8 Å². The minimum absolute atomic E-state index is 0.178. The van der Waals surface area contributed by atoms with Crippen LogP contribution in [0, 0.1) is 18.8 Å². The fourth-order valence-electron chi connectivity index (χ4n) is 6.27. The first-order valence-electron chi connectivity index (χ1n) is 12.9. The van der Waals surface area contributed by atoms with Crippen LogP contribution in [0.4, 0.5) is 9.93 Å². The van der Waals surface area contributed by atoms with Gasteiger partial charge < -0.3 is 14.2 Å². The highest BCUT2D eigenvalue weighted by Crippen LogP contribution is 2.46. The van der Waals surface area contributed by atoms with E-state index in [1.54, 1.807) is 42.7 Å². The first kappa shape index (κ1) is 25.0. The number of rotatable bonds is 5. The summed E-state index contributed by atoms with van der Waals surface area (Å²) >= 11 is 1.09. The molecule has 14 heteroatoms. The molecule has 1 aromatic carbocycles. The van der Waals surface area contributed by atoms with Crippen molar-refractivity contribution in [1.29, 1.82) is 0 Å². The number of nitrogens with zero attached hydrogens (tertiary/aromatic N) is 7. The number of carbonyl (C=O) groups is 1. The number of fused-ring (bicyclic) bond motifs is 4. The molecule has 0 bridgehead atoms. The number of pyridine rings is 1. The third-order valence-electron chi connectivity index (χ3n) is 7.99. The van der Waals surface area contributed by atoms with Crippen LogP contribution < -0.4 is 10.1 Å². The largest absolute Gasteiger partial charge is 0.466 e. The third kappa shape index (κ3) is 3.92. The number of hydrogen-bond donors (Lipinski definition) is 1. The van der Waals surface area contributed by atoms with E-state index in [1.165, 1.54) is 11.1 Å². The lowest BCUT2D eigenvalue weighted by atomic mass is 10.0. The third-order valence-corrected chi connectivity index (χ3v) is 10.3. The normalized spacial score (nSPS) is 20.9. The molecule has 2 unspecified atom stereocenters. The van der Waals surface area contributed by atoms with Gasteiger partial charge in [-0.25, -0.2) is 27.2 Å². The molecule has 0 spiro atoms. The van der Waals surface area contributed by atoms with Gasteiger partial charge >= 0.3 is 12.0 Å². The number of urea groups is 1. The molecule has 206 valence electrons. The molecule has 5 aromatic rings. The number of carbonyl (C=O) groups excluding carboxylic acids is 1. The molecule has 5 heterocycles. The summed E-state index contributed by atoms with van der Waals surface area (Å²) in [6.07, 6.45) is 5.03. The van der Waals surface area contributed by atoms with E-state index in [0.29, 0.717) is 35.7 Å². The standard InChI is InChI=1S/C26H26N8O4S2/c1-15-28-21-12-27-23-20(8-9-33(23)40(36,37)19-6-4-3-5-7-19)22(21)34(15)18-10-16-13-32(14-17(16)11-18)26(35)30-25-29-24(38-2)31-39-25/h3-9,12,16-18H,10-11,13-14H2,1-2H3,(H,29,30,31,35). The van der Waals surface area contributed by atoms with Crippen molar-refractivity contribution >= 4 is 54.8 Å². The summed E-state index contributed by atoms with van der Waals surface area (Å²) in [6.45, 7) is 3.31. The second kappa shape index (κ2) is 9.27. The minimum Gasteiger partial charge on any atom is -0.466 e. The Kier molecular flexibility index (Phi) is 5.78. The van der Waals surface area contributed by atoms with E-state index >= 15 is 0 Å². The molecule has 2 amide bonds. The molecule has 0 radical (unpaired) electrons. The van der Waals surface area contributed by atoms with Crippen LogP contribution in [0.5, 0.6) is 6.01 Å². The maximum atomic E-state index is 13.4. The molecule has 2 fully saturated rings. The fraction of sp³-hybridized carbons (Fsp3) is 0.346. The second-order valence-corrected chi connectivity index (χ2v) is 12.8. The van der Waals surface area contributed by atoms with E-state index in [0.717, 1.165) is 46.6 Å². The van der Waals surface area contributed by atoms with Crippen LogP contribution in [0.3, 0.4) is 0 Å². The number of anilines is 1. The molecule has 1 aliphatic carbocycles. The van der Waals surface area contributed by atoms with Gasteiger partial charge in [0, 0.05) is 42.2 Å². The Bertz CT molecular complexity index is 1850. The summed E-state index contributed by atoms with van der Waals surface area (Å²) in [7, 11) is -2.31. The quantitative estimate of drug-likeness (QED) is 0.332. The smallest absolute Gasteiger partial charge is 0.329 e. The monoisotopic (exact) mass is 578 g/mol. The maximum absolute atomic E-state index is 13.4. The van der Waals surface area contributed by atoms with Crippen molar-refractivity contribution in [2.75, 3.05) is 25.5 Å². The van der Waals surface area contributed by atoms with Crippen LogP contribution in [-0.2, 0) is 10.0 Å². The summed E-state index contributed by atoms with van der Waals surface area (Å²) in [4.78, 5) is 28.3. The van der Waals surface area contributed by atoms with Gasteiger partial charge in [0.25, 0.3) is 10.0 Å². The Morgan fingerprint density at radius 2 is 1.85 bits per heavy atom. The Morgan fingerprint density at radius 1 is 1.10 bits per heavy atom. The number of likely N-dealkylation sites (tertiary alicyclic amines) is 1. The molecular formula is C26H26N8O4S2. The average Bonchev–Trinajstić information content (AvgIpc) is 3.75. The van der Waals surface area contributed by atoms with Crippen molar-refractivity contribution in [3.8, 4) is 6.01 Å². The molecule has 12 nitrogen and oxygen atoms in total. The molecule has 40 heavy (non-hydrogen) atoms. The van der Waals surface area contributed by atoms with Gasteiger partial charge in [0.15, 0.2) is 5.65 Å². The van der Waals surface area contributed by atoms with Crippen LogP contribution in [-0.4, -0.2) is 67.4 Å². The van der Waals surface area contributed by atoms with E-state index in [-0.39, 0.29) is 23.0 Å². The molecule has 1 saturated carbocycles. The number of ether oxygens (including phenoxy) is 1. The van der Waals surface area contributed by atoms with Crippen LogP contribution in [0.15, 0.2) is 53.7 Å². The number of imidazole rings is 1. The van der Waals surface area contributed by atoms with Crippen molar-refractivity contribution in [3.05, 3.63) is 54.6 Å². The molecule has 2 atom stereocenters. The average molecular weight is 579 g/mol. The zero-order chi connectivity index (χ0) is 27.6. The van der Waals surface area contributed by atoms with Crippen LogP contribution in [0.25, 0.3) is 22.1 Å². The maximum Gasteiger partial charge on any atom is 0.329 e. The topological polar surface area (TPSA) is 137 Å². The van der Waals surface area contributed by atoms with Gasteiger partial charge in [-0.05, 0) is 49.8 Å². The number of aryl methyl sites for hydroxylation is 1. The van der Waals surface area contributed by atoms with E-state index in [9.17, 15) is 13.2 Å². The van der Waals surface area contributed by atoms with Gasteiger partial charge in [0.05, 0.1) is 23.7 Å². The van der Waals surface area contributed by atoms with Gasteiger partial charge in [-0.3, -0.25) is 5.32 Å². The van der Waals surface area contributed by atoms with Crippen molar-refractivity contribution < 1.29 is 17.9 Å². The summed E-state index contributed by atoms with van der Waals surface area (Å²) in [5.41, 5.74) is 2.02. The molecule has 1 aliphatic heterocycles. The highest BCUT2D eigenvalue weighted by atomic mass is 32.2. The molecule has 4 aromatic heterocycles. The molecule has 7 rings (SSSR count). The van der Waals surface area contributed by atoms with Crippen LogP contribution in [0.1, 0.15) is 24.7 Å². The van der Waals surface area contributed by atoms with Crippen molar-refractivity contribution in [1.82, 2.24) is 32.8 Å². The zero-order valence-corrected chi connectivity index (χ0v) is 23.4. The lowest BCUT2D eigenvalue weighted by Gasteiger charge is -2.21. The SMILES string of the molecule is COc1nsc(NC(=O)N2CC3CC(n4c(C)nc5cnc6c(ccn6S(=O)(=O)c6ccccc6)c54)CC3C2)n1. The summed E-state index contributed by atoms with van der Waals surface area (Å²) in [6, 6.07) is 10.4. The Hall–Kier alpha value is -4.04. The van der Waals surface area contributed by atoms with Crippen molar-refractivity contribution in [2.45, 2.75) is 30.7 Å². The minimum atomic E-state index is -3.80. The summed E-state index contributed by atoms with van der Waals surface area (Å²) in [5, 5.41) is 3.99. The van der Waals surface area contributed by atoms with Gasteiger partial charge in [0.1, 0.15) is 11.3 Å².